The second-order valence-electron chi connectivity index (χ2n) is 5.59. The van der Waals surface area contributed by atoms with Gasteiger partial charge in [-0.1, -0.05) is 13.8 Å². The first-order chi connectivity index (χ1) is 9.61. The van der Waals surface area contributed by atoms with E-state index in [2.05, 4.69) is 15.6 Å². The summed E-state index contributed by atoms with van der Waals surface area (Å²) in [6.07, 6.45) is 2.33. The lowest BCUT2D eigenvalue weighted by atomic mass is 10.3. The van der Waals surface area contributed by atoms with Gasteiger partial charge in [0.25, 0.3) is 0 Å². The van der Waals surface area contributed by atoms with Gasteiger partial charge >= 0.3 is 0 Å². The van der Waals surface area contributed by atoms with E-state index in [-0.39, 0.29) is 5.91 Å². The zero-order valence-electron chi connectivity index (χ0n) is 11.8. The van der Waals surface area contributed by atoms with Gasteiger partial charge in [-0.05, 0) is 31.0 Å². The van der Waals surface area contributed by atoms with Crippen LogP contribution in [0.5, 0.6) is 0 Å². The Balaban J connectivity index is 1.70. The second kappa shape index (κ2) is 5.25. The second-order valence-corrected chi connectivity index (χ2v) is 5.59. The van der Waals surface area contributed by atoms with Gasteiger partial charge < -0.3 is 15.1 Å². The molecule has 2 aromatic rings. The van der Waals surface area contributed by atoms with Crippen molar-refractivity contribution in [1.82, 2.24) is 10.3 Å². The standard InChI is InChI=1S/C15H19N3O2/c1-9(2)16-8-14(19)17-11-5-6-13-12(7-11)18-15(20-13)10-3-4-10/h5-7,9-10,16H,3-4,8H2,1-2H3,(H,17,19). The zero-order chi connectivity index (χ0) is 14.1. The summed E-state index contributed by atoms with van der Waals surface area (Å²) in [6, 6.07) is 5.86. The molecule has 0 unspecified atom stereocenters. The number of carbonyl (C=O) groups excluding carboxylic acids is 1. The van der Waals surface area contributed by atoms with Crippen molar-refractivity contribution in [3.8, 4) is 0 Å². The molecule has 0 spiro atoms. The number of oxazole rings is 1. The number of hydrogen-bond acceptors (Lipinski definition) is 4. The predicted molar refractivity (Wildman–Crippen MR) is 77.8 cm³/mol. The number of carbonyl (C=O) groups is 1. The monoisotopic (exact) mass is 273 g/mol. The Labute approximate surface area is 117 Å². The number of nitrogens with zero attached hydrogens (tertiary/aromatic N) is 1. The third kappa shape index (κ3) is 2.99. The van der Waals surface area contributed by atoms with Crippen LogP contribution in [0.2, 0.25) is 0 Å². The number of nitrogens with one attached hydrogen (secondary N) is 2. The van der Waals surface area contributed by atoms with Crippen LogP contribution < -0.4 is 10.6 Å². The Kier molecular flexibility index (Phi) is 3.44. The van der Waals surface area contributed by atoms with Crippen LogP contribution in [0.25, 0.3) is 11.1 Å². The summed E-state index contributed by atoms with van der Waals surface area (Å²) in [5.74, 6) is 1.27. The molecule has 0 aliphatic heterocycles. The highest BCUT2D eigenvalue weighted by atomic mass is 16.3. The lowest BCUT2D eigenvalue weighted by molar-refractivity contribution is -0.115. The number of rotatable bonds is 5. The maximum absolute atomic E-state index is 11.8. The summed E-state index contributed by atoms with van der Waals surface area (Å²) < 4.78 is 5.69. The summed E-state index contributed by atoms with van der Waals surface area (Å²) in [4.78, 5) is 16.2. The van der Waals surface area contributed by atoms with Crippen LogP contribution in [0.4, 0.5) is 5.69 Å². The van der Waals surface area contributed by atoms with Gasteiger partial charge in [0, 0.05) is 17.6 Å². The largest absolute Gasteiger partial charge is 0.440 e. The van der Waals surface area contributed by atoms with Gasteiger partial charge in [-0.15, -0.1) is 0 Å². The third-order valence-corrected chi connectivity index (χ3v) is 3.29. The minimum atomic E-state index is -0.0519. The molecule has 1 heterocycles. The molecule has 1 aromatic carbocycles. The van der Waals surface area contributed by atoms with Crippen molar-refractivity contribution in [1.29, 1.82) is 0 Å². The van der Waals surface area contributed by atoms with Crippen molar-refractivity contribution in [2.24, 2.45) is 0 Å². The summed E-state index contributed by atoms with van der Waals surface area (Å²) in [7, 11) is 0. The Morgan fingerprint density at radius 3 is 2.95 bits per heavy atom. The maximum atomic E-state index is 11.8. The zero-order valence-corrected chi connectivity index (χ0v) is 11.8. The molecule has 0 radical (unpaired) electrons. The molecule has 2 N–H and O–H groups in total. The van der Waals surface area contributed by atoms with Crippen molar-refractivity contribution < 1.29 is 9.21 Å². The molecule has 106 valence electrons. The first kappa shape index (κ1) is 13.1. The van der Waals surface area contributed by atoms with Crippen molar-refractivity contribution in [3.05, 3.63) is 24.1 Å². The Morgan fingerprint density at radius 2 is 2.25 bits per heavy atom. The minimum absolute atomic E-state index is 0.0519. The van der Waals surface area contributed by atoms with Gasteiger partial charge in [-0.2, -0.15) is 0 Å². The molecule has 1 aromatic heterocycles. The SMILES string of the molecule is CC(C)NCC(=O)Nc1ccc2oc(C3CC3)nc2c1. The fourth-order valence-electron chi connectivity index (χ4n) is 2.03. The first-order valence-electron chi connectivity index (χ1n) is 7.05. The summed E-state index contributed by atoms with van der Waals surface area (Å²) in [5, 5.41) is 5.94. The lowest BCUT2D eigenvalue weighted by Crippen LogP contribution is -2.32. The molecule has 1 fully saturated rings. The number of benzene rings is 1. The average molecular weight is 273 g/mol. The molecule has 5 heteroatoms. The number of amides is 1. The van der Waals surface area contributed by atoms with Crippen LogP contribution in [0, 0.1) is 0 Å². The minimum Gasteiger partial charge on any atom is -0.440 e. The van der Waals surface area contributed by atoms with Gasteiger partial charge in [-0.3, -0.25) is 4.79 Å². The number of fused-ring (bicyclic) bond motifs is 1. The Morgan fingerprint density at radius 1 is 1.45 bits per heavy atom. The quantitative estimate of drug-likeness (QED) is 0.878. The van der Waals surface area contributed by atoms with E-state index in [1.807, 2.05) is 32.0 Å². The van der Waals surface area contributed by atoms with Gasteiger partial charge in [0.15, 0.2) is 11.5 Å². The fourth-order valence-corrected chi connectivity index (χ4v) is 2.03. The Hall–Kier alpha value is -1.88. The molecular formula is C15H19N3O2. The summed E-state index contributed by atoms with van der Waals surface area (Å²) >= 11 is 0. The molecule has 3 rings (SSSR count). The fraction of sp³-hybridized carbons (Fsp3) is 0.467. The molecule has 0 atom stereocenters. The molecule has 1 saturated carbocycles. The van der Waals surface area contributed by atoms with Crippen LogP contribution in [-0.2, 0) is 4.79 Å². The van der Waals surface area contributed by atoms with Crippen molar-refractivity contribution in [2.75, 3.05) is 11.9 Å². The number of hydrogen-bond donors (Lipinski definition) is 2. The topological polar surface area (TPSA) is 67.2 Å². The predicted octanol–water partition coefficient (Wildman–Crippen LogP) is 2.64. The average Bonchev–Trinajstić information content (AvgIpc) is 3.16. The third-order valence-electron chi connectivity index (χ3n) is 3.29. The van der Waals surface area contributed by atoms with E-state index in [4.69, 9.17) is 4.42 Å². The van der Waals surface area contributed by atoms with E-state index in [0.717, 1.165) is 35.5 Å². The normalized spacial score (nSPS) is 14.9. The molecule has 5 nitrogen and oxygen atoms in total. The highest BCUT2D eigenvalue weighted by Gasteiger charge is 2.28. The van der Waals surface area contributed by atoms with E-state index in [9.17, 15) is 4.79 Å². The number of aromatic nitrogens is 1. The highest BCUT2D eigenvalue weighted by Crippen LogP contribution is 2.40. The smallest absolute Gasteiger partial charge is 0.238 e. The van der Waals surface area contributed by atoms with Crippen molar-refractivity contribution in [2.45, 2.75) is 38.6 Å². The molecule has 0 bridgehead atoms. The van der Waals surface area contributed by atoms with Crippen LogP contribution in [0.3, 0.4) is 0 Å². The van der Waals surface area contributed by atoms with Crippen LogP contribution in [0.1, 0.15) is 38.5 Å². The molecule has 1 aliphatic carbocycles. The van der Waals surface area contributed by atoms with Gasteiger partial charge in [0.2, 0.25) is 5.91 Å². The van der Waals surface area contributed by atoms with Gasteiger partial charge in [0.1, 0.15) is 5.52 Å². The van der Waals surface area contributed by atoms with E-state index in [1.165, 1.54) is 0 Å². The van der Waals surface area contributed by atoms with Crippen molar-refractivity contribution in [3.63, 3.8) is 0 Å². The van der Waals surface area contributed by atoms with Gasteiger partial charge in [-0.25, -0.2) is 4.98 Å². The summed E-state index contributed by atoms with van der Waals surface area (Å²) in [5.41, 5.74) is 2.34. The molecule has 1 aliphatic rings. The van der Waals surface area contributed by atoms with E-state index in [1.54, 1.807) is 0 Å². The van der Waals surface area contributed by atoms with E-state index >= 15 is 0 Å². The highest BCUT2D eigenvalue weighted by molar-refractivity contribution is 5.94. The molecular weight excluding hydrogens is 254 g/mol. The van der Waals surface area contributed by atoms with Crippen LogP contribution >= 0.6 is 0 Å². The lowest BCUT2D eigenvalue weighted by Gasteiger charge is -2.08. The Bertz CT molecular complexity index is 629. The maximum Gasteiger partial charge on any atom is 0.238 e. The molecule has 1 amide bonds. The van der Waals surface area contributed by atoms with Gasteiger partial charge in [0.05, 0.1) is 6.54 Å². The molecule has 0 saturated heterocycles. The van der Waals surface area contributed by atoms with E-state index in [0.29, 0.717) is 18.5 Å². The first-order valence-corrected chi connectivity index (χ1v) is 7.05. The van der Waals surface area contributed by atoms with Crippen LogP contribution in [0.15, 0.2) is 22.6 Å². The van der Waals surface area contributed by atoms with Crippen molar-refractivity contribution >= 4 is 22.7 Å². The number of anilines is 1. The van der Waals surface area contributed by atoms with Crippen LogP contribution in [-0.4, -0.2) is 23.5 Å². The van der Waals surface area contributed by atoms with E-state index < -0.39 is 0 Å². The summed E-state index contributed by atoms with van der Waals surface area (Å²) in [6.45, 7) is 4.32. The molecule has 20 heavy (non-hydrogen) atoms.